The Kier molecular flexibility index (Phi) is 5.04. The number of benzene rings is 1. The number of ether oxygens (including phenoxy) is 2. The highest BCUT2D eigenvalue weighted by atomic mass is 79.9. The number of halogens is 1. The predicted octanol–water partition coefficient (Wildman–Crippen LogP) is 3.46. The van der Waals surface area contributed by atoms with E-state index in [9.17, 15) is 0 Å². The number of aliphatic hydroxyl groups excluding tert-OH is 1. The SMILES string of the molecule is OCCOc1ccccc1OCc1csc(Br)c1. The summed E-state index contributed by atoms with van der Waals surface area (Å²) < 4.78 is 12.2. The van der Waals surface area contributed by atoms with E-state index in [0.29, 0.717) is 18.1 Å². The Morgan fingerprint density at radius 3 is 2.50 bits per heavy atom. The van der Waals surface area contributed by atoms with Crippen LogP contribution in [0.3, 0.4) is 0 Å². The predicted molar refractivity (Wildman–Crippen MR) is 75.4 cm³/mol. The normalized spacial score (nSPS) is 10.3. The van der Waals surface area contributed by atoms with Gasteiger partial charge < -0.3 is 14.6 Å². The lowest BCUT2D eigenvalue weighted by Crippen LogP contribution is -2.03. The molecule has 0 radical (unpaired) electrons. The van der Waals surface area contributed by atoms with Crippen LogP contribution in [-0.4, -0.2) is 18.3 Å². The minimum absolute atomic E-state index is 0.00812. The van der Waals surface area contributed by atoms with Crippen LogP contribution in [0.1, 0.15) is 5.56 Å². The molecule has 2 rings (SSSR count). The van der Waals surface area contributed by atoms with Gasteiger partial charge in [0.25, 0.3) is 0 Å². The van der Waals surface area contributed by atoms with Gasteiger partial charge in [0.05, 0.1) is 10.4 Å². The van der Waals surface area contributed by atoms with Gasteiger partial charge in [-0.3, -0.25) is 0 Å². The maximum absolute atomic E-state index is 8.76. The van der Waals surface area contributed by atoms with E-state index >= 15 is 0 Å². The summed E-state index contributed by atoms with van der Waals surface area (Å²) in [5.41, 5.74) is 1.11. The molecule has 96 valence electrons. The summed E-state index contributed by atoms with van der Waals surface area (Å²) in [5, 5.41) is 10.8. The van der Waals surface area contributed by atoms with Crippen LogP contribution in [0.4, 0.5) is 0 Å². The van der Waals surface area contributed by atoms with Gasteiger partial charge >= 0.3 is 0 Å². The van der Waals surface area contributed by atoms with Gasteiger partial charge in [-0.1, -0.05) is 12.1 Å². The number of rotatable bonds is 6. The Bertz CT molecular complexity index is 498. The summed E-state index contributed by atoms with van der Waals surface area (Å²) in [6.45, 7) is 0.762. The molecular formula is C13H13BrO3S. The van der Waals surface area contributed by atoms with Crippen molar-refractivity contribution in [3.63, 3.8) is 0 Å². The van der Waals surface area contributed by atoms with Crippen molar-refractivity contribution in [2.45, 2.75) is 6.61 Å². The quantitative estimate of drug-likeness (QED) is 0.882. The van der Waals surface area contributed by atoms with Crippen molar-refractivity contribution in [1.29, 1.82) is 0 Å². The fraction of sp³-hybridized carbons (Fsp3) is 0.231. The molecule has 0 spiro atoms. The molecule has 1 heterocycles. The van der Waals surface area contributed by atoms with E-state index in [-0.39, 0.29) is 13.2 Å². The lowest BCUT2D eigenvalue weighted by Gasteiger charge is -2.11. The number of thiophene rings is 1. The molecule has 0 bridgehead atoms. The fourth-order valence-corrected chi connectivity index (χ4v) is 2.62. The zero-order valence-corrected chi connectivity index (χ0v) is 12.0. The Labute approximate surface area is 118 Å². The highest BCUT2D eigenvalue weighted by Crippen LogP contribution is 2.28. The minimum Gasteiger partial charge on any atom is -0.487 e. The largest absolute Gasteiger partial charge is 0.487 e. The molecule has 1 N–H and O–H groups in total. The van der Waals surface area contributed by atoms with Gasteiger partial charge in [0.2, 0.25) is 0 Å². The van der Waals surface area contributed by atoms with Crippen molar-refractivity contribution in [3.05, 3.63) is 45.1 Å². The van der Waals surface area contributed by atoms with Crippen LogP contribution in [0, 0.1) is 0 Å². The van der Waals surface area contributed by atoms with E-state index in [0.717, 1.165) is 9.35 Å². The van der Waals surface area contributed by atoms with Gasteiger partial charge in [-0.15, -0.1) is 11.3 Å². The second-order valence-electron chi connectivity index (χ2n) is 3.57. The average molecular weight is 329 g/mol. The van der Waals surface area contributed by atoms with Crippen LogP contribution in [0.5, 0.6) is 11.5 Å². The average Bonchev–Trinajstić information content (AvgIpc) is 2.81. The second-order valence-corrected chi connectivity index (χ2v) is 5.86. The molecule has 0 aliphatic rings. The molecule has 0 aliphatic heterocycles. The van der Waals surface area contributed by atoms with E-state index < -0.39 is 0 Å². The molecule has 1 aromatic heterocycles. The highest BCUT2D eigenvalue weighted by Gasteiger charge is 2.05. The third kappa shape index (κ3) is 3.73. The lowest BCUT2D eigenvalue weighted by atomic mass is 10.3. The number of aliphatic hydroxyl groups is 1. The molecule has 0 aliphatic carbocycles. The van der Waals surface area contributed by atoms with Crippen LogP contribution < -0.4 is 9.47 Å². The van der Waals surface area contributed by atoms with Crippen LogP contribution in [0.2, 0.25) is 0 Å². The summed E-state index contributed by atoms with van der Waals surface area (Å²) in [7, 11) is 0. The molecule has 0 unspecified atom stereocenters. The lowest BCUT2D eigenvalue weighted by molar-refractivity contribution is 0.192. The zero-order valence-electron chi connectivity index (χ0n) is 9.64. The molecule has 2 aromatic rings. The van der Waals surface area contributed by atoms with E-state index in [1.54, 1.807) is 11.3 Å². The van der Waals surface area contributed by atoms with Gasteiger partial charge in [0.1, 0.15) is 13.2 Å². The number of hydrogen-bond donors (Lipinski definition) is 1. The van der Waals surface area contributed by atoms with E-state index in [2.05, 4.69) is 15.9 Å². The van der Waals surface area contributed by atoms with E-state index in [1.807, 2.05) is 35.7 Å². The second kappa shape index (κ2) is 6.78. The van der Waals surface area contributed by atoms with Crippen LogP contribution >= 0.6 is 27.3 Å². The van der Waals surface area contributed by atoms with Gasteiger partial charge in [-0.25, -0.2) is 0 Å². The molecule has 0 atom stereocenters. The van der Waals surface area contributed by atoms with Crippen molar-refractivity contribution >= 4 is 27.3 Å². The van der Waals surface area contributed by atoms with Crippen molar-refractivity contribution in [1.82, 2.24) is 0 Å². The molecule has 1 aromatic carbocycles. The maximum Gasteiger partial charge on any atom is 0.161 e. The summed E-state index contributed by atoms with van der Waals surface area (Å²) in [4.78, 5) is 0. The smallest absolute Gasteiger partial charge is 0.161 e. The van der Waals surface area contributed by atoms with E-state index in [4.69, 9.17) is 14.6 Å². The first kappa shape index (κ1) is 13.4. The molecule has 5 heteroatoms. The van der Waals surface area contributed by atoms with Gasteiger partial charge in [-0.05, 0) is 39.5 Å². The van der Waals surface area contributed by atoms with Gasteiger partial charge in [0.15, 0.2) is 11.5 Å². The van der Waals surface area contributed by atoms with Crippen molar-refractivity contribution < 1.29 is 14.6 Å². The van der Waals surface area contributed by atoms with Gasteiger partial charge in [-0.2, -0.15) is 0 Å². The zero-order chi connectivity index (χ0) is 12.8. The first-order chi connectivity index (χ1) is 8.79. The summed E-state index contributed by atoms with van der Waals surface area (Å²) in [6, 6.07) is 9.48. The topological polar surface area (TPSA) is 38.7 Å². The monoisotopic (exact) mass is 328 g/mol. The molecular weight excluding hydrogens is 316 g/mol. The molecule has 0 fully saturated rings. The third-order valence-corrected chi connectivity index (χ3v) is 3.77. The Morgan fingerprint density at radius 2 is 1.89 bits per heavy atom. The summed E-state index contributed by atoms with van der Waals surface area (Å²) in [6.07, 6.45) is 0. The minimum atomic E-state index is -0.00812. The number of para-hydroxylation sites is 2. The molecule has 3 nitrogen and oxygen atoms in total. The first-order valence-corrected chi connectivity index (χ1v) is 7.15. The van der Waals surface area contributed by atoms with Crippen molar-refractivity contribution in [2.24, 2.45) is 0 Å². The van der Waals surface area contributed by atoms with Crippen LogP contribution in [0.15, 0.2) is 39.5 Å². The molecule has 0 saturated heterocycles. The van der Waals surface area contributed by atoms with E-state index in [1.165, 1.54) is 0 Å². The number of hydrogen-bond acceptors (Lipinski definition) is 4. The van der Waals surface area contributed by atoms with Crippen LogP contribution in [0.25, 0.3) is 0 Å². The Morgan fingerprint density at radius 1 is 1.17 bits per heavy atom. The van der Waals surface area contributed by atoms with Crippen LogP contribution in [-0.2, 0) is 6.61 Å². The molecule has 0 saturated carbocycles. The third-order valence-electron chi connectivity index (χ3n) is 2.21. The van der Waals surface area contributed by atoms with Gasteiger partial charge in [0, 0.05) is 5.56 Å². The standard InChI is InChI=1S/C13H13BrO3S/c14-13-7-10(9-18-13)8-17-12-4-2-1-3-11(12)16-6-5-15/h1-4,7,9,15H,5-6,8H2. The van der Waals surface area contributed by atoms with Crippen molar-refractivity contribution in [3.8, 4) is 11.5 Å². The highest BCUT2D eigenvalue weighted by molar-refractivity contribution is 9.11. The summed E-state index contributed by atoms with van der Waals surface area (Å²) in [5.74, 6) is 1.34. The fourth-order valence-electron chi connectivity index (χ4n) is 1.43. The Balaban J connectivity index is 1.99. The first-order valence-electron chi connectivity index (χ1n) is 5.48. The maximum atomic E-state index is 8.76. The molecule has 0 amide bonds. The van der Waals surface area contributed by atoms with Crippen molar-refractivity contribution in [2.75, 3.05) is 13.2 Å². The molecule has 18 heavy (non-hydrogen) atoms. The summed E-state index contributed by atoms with van der Waals surface area (Å²) >= 11 is 5.05. The Hall–Kier alpha value is -1.04.